The monoisotopic (exact) mass is 229 g/mol. The highest BCUT2D eigenvalue weighted by Gasteiger charge is 2.25. The molecule has 1 aromatic carbocycles. The van der Waals surface area contributed by atoms with Gasteiger partial charge in [-0.1, -0.05) is 6.92 Å². The number of benzene rings is 1. The van der Waals surface area contributed by atoms with Crippen molar-refractivity contribution in [2.24, 2.45) is 5.92 Å². The van der Waals surface area contributed by atoms with E-state index in [0.29, 0.717) is 12.2 Å². The summed E-state index contributed by atoms with van der Waals surface area (Å²) < 4.78 is 36.7. The van der Waals surface area contributed by atoms with E-state index in [1.807, 2.05) is 6.92 Å². The van der Waals surface area contributed by atoms with Gasteiger partial charge in [-0.15, -0.1) is 0 Å². The van der Waals surface area contributed by atoms with E-state index >= 15 is 0 Å². The molecule has 82 valence electrons. The van der Waals surface area contributed by atoms with Crippen molar-refractivity contribution in [3.05, 3.63) is 24.0 Å². The van der Waals surface area contributed by atoms with E-state index in [1.54, 1.807) is 0 Å². The zero-order valence-electron chi connectivity index (χ0n) is 8.33. The standard InChI is InChI=1S/C10H12FNO2S/c1-7-5-12-9-3-2-8(11)4-10(9)15(13,14)6-7/h2-4,7,12H,5-6H2,1H3. The van der Waals surface area contributed by atoms with Crippen LogP contribution in [-0.4, -0.2) is 20.7 Å². The van der Waals surface area contributed by atoms with Crippen LogP contribution in [0.25, 0.3) is 0 Å². The minimum absolute atomic E-state index is 0.0328. The van der Waals surface area contributed by atoms with E-state index in [0.717, 1.165) is 6.07 Å². The Kier molecular flexibility index (Phi) is 2.42. The second-order valence-electron chi connectivity index (χ2n) is 3.91. The minimum atomic E-state index is -3.35. The van der Waals surface area contributed by atoms with Gasteiger partial charge in [0.05, 0.1) is 16.3 Å². The molecule has 0 aromatic heterocycles. The van der Waals surface area contributed by atoms with Crippen LogP contribution in [-0.2, 0) is 9.84 Å². The molecule has 1 aromatic rings. The van der Waals surface area contributed by atoms with Gasteiger partial charge in [0, 0.05) is 6.54 Å². The molecule has 0 radical (unpaired) electrons. The SMILES string of the molecule is CC1CNc2ccc(F)cc2S(=O)(=O)C1. The molecule has 3 nitrogen and oxygen atoms in total. The van der Waals surface area contributed by atoms with Crippen molar-refractivity contribution in [1.82, 2.24) is 0 Å². The van der Waals surface area contributed by atoms with Crippen LogP contribution in [0.5, 0.6) is 0 Å². The highest BCUT2D eigenvalue weighted by molar-refractivity contribution is 7.91. The number of halogens is 1. The fourth-order valence-electron chi connectivity index (χ4n) is 1.71. The molecular weight excluding hydrogens is 217 g/mol. The molecule has 1 heterocycles. The van der Waals surface area contributed by atoms with Crippen LogP contribution in [0.1, 0.15) is 6.92 Å². The van der Waals surface area contributed by atoms with Crippen LogP contribution in [0.2, 0.25) is 0 Å². The van der Waals surface area contributed by atoms with E-state index in [2.05, 4.69) is 5.32 Å². The molecule has 1 atom stereocenters. The van der Waals surface area contributed by atoms with Crippen molar-refractivity contribution in [3.63, 3.8) is 0 Å². The molecule has 1 unspecified atom stereocenters. The summed E-state index contributed by atoms with van der Waals surface area (Å²) in [5.74, 6) is -0.421. The van der Waals surface area contributed by atoms with E-state index in [1.165, 1.54) is 12.1 Å². The Morgan fingerprint density at radius 1 is 1.47 bits per heavy atom. The first-order chi connectivity index (χ1) is 6.99. The summed E-state index contributed by atoms with van der Waals surface area (Å²) in [5.41, 5.74) is 0.501. The van der Waals surface area contributed by atoms with E-state index in [9.17, 15) is 12.8 Å². The Balaban J connectivity index is 2.60. The van der Waals surface area contributed by atoms with Crippen LogP contribution >= 0.6 is 0 Å². The van der Waals surface area contributed by atoms with E-state index < -0.39 is 15.7 Å². The molecule has 0 saturated heterocycles. The average Bonchev–Trinajstić information content (AvgIpc) is 2.24. The zero-order chi connectivity index (χ0) is 11.1. The van der Waals surface area contributed by atoms with Gasteiger partial charge in [-0.3, -0.25) is 0 Å². The van der Waals surface area contributed by atoms with Crippen LogP contribution < -0.4 is 5.32 Å². The average molecular weight is 229 g/mol. The van der Waals surface area contributed by atoms with Crippen molar-refractivity contribution >= 4 is 15.5 Å². The maximum atomic E-state index is 13.0. The van der Waals surface area contributed by atoms with E-state index in [-0.39, 0.29) is 16.6 Å². The lowest BCUT2D eigenvalue weighted by Crippen LogP contribution is -2.15. The predicted octanol–water partition coefficient (Wildman–Crippen LogP) is 1.66. The van der Waals surface area contributed by atoms with Gasteiger partial charge >= 0.3 is 0 Å². The number of anilines is 1. The van der Waals surface area contributed by atoms with Gasteiger partial charge in [-0.25, -0.2) is 12.8 Å². The minimum Gasteiger partial charge on any atom is -0.384 e. The number of rotatable bonds is 0. The molecule has 0 bridgehead atoms. The zero-order valence-corrected chi connectivity index (χ0v) is 9.14. The predicted molar refractivity (Wildman–Crippen MR) is 56.1 cm³/mol. The molecule has 0 spiro atoms. The number of hydrogen-bond donors (Lipinski definition) is 1. The van der Waals surface area contributed by atoms with Gasteiger partial charge in [0.1, 0.15) is 5.82 Å². The number of sulfone groups is 1. The molecule has 1 N–H and O–H groups in total. The summed E-state index contributed by atoms with van der Waals surface area (Å²) in [5, 5.41) is 3.01. The Morgan fingerprint density at radius 3 is 2.93 bits per heavy atom. The summed E-state index contributed by atoms with van der Waals surface area (Å²) in [6, 6.07) is 3.81. The van der Waals surface area contributed by atoms with Crippen LogP contribution in [0.15, 0.2) is 23.1 Å². The van der Waals surface area contributed by atoms with Crippen molar-refractivity contribution in [1.29, 1.82) is 0 Å². The van der Waals surface area contributed by atoms with Gasteiger partial charge in [0.25, 0.3) is 0 Å². The van der Waals surface area contributed by atoms with Gasteiger partial charge < -0.3 is 5.32 Å². The first-order valence-corrected chi connectivity index (χ1v) is 6.40. The second-order valence-corrected chi connectivity index (χ2v) is 5.91. The maximum Gasteiger partial charge on any atom is 0.180 e. The van der Waals surface area contributed by atoms with Crippen LogP contribution in [0.4, 0.5) is 10.1 Å². The fourth-order valence-corrected chi connectivity index (χ4v) is 3.52. The normalized spacial score (nSPS) is 23.7. The summed E-state index contributed by atoms with van der Waals surface area (Å²) in [6.45, 7) is 2.45. The molecule has 0 fully saturated rings. The summed E-state index contributed by atoms with van der Waals surface area (Å²) in [6.07, 6.45) is 0. The largest absolute Gasteiger partial charge is 0.384 e. The Bertz CT molecular complexity index is 484. The molecule has 2 rings (SSSR count). The molecule has 0 saturated carbocycles. The van der Waals surface area contributed by atoms with Gasteiger partial charge in [-0.2, -0.15) is 0 Å². The quantitative estimate of drug-likeness (QED) is 0.736. The third-order valence-corrected chi connectivity index (χ3v) is 4.44. The maximum absolute atomic E-state index is 13.0. The first-order valence-electron chi connectivity index (χ1n) is 4.75. The summed E-state index contributed by atoms with van der Waals surface area (Å²) in [7, 11) is -3.35. The molecule has 15 heavy (non-hydrogen) atoms. The molecule has 0 amide bonds. The number of fused-ring (bicyclic) bond motifs is 1. The summed E-state index contributed by atoms with van der Waals surface area (Å²) >= 11 is 0. The van der Waals surface area contributed by atoms with Crippen molar-refractivity contribution < 1.29 is 12.8 Å². The molecular formula is C10H12FNO2S. The van der Waals surface area contributed by atoms with Crippen LogP contribution in [0, 0.1) is 11.7 Å². The number of nitrogens with one attached hydrogen (secondary N) is 1. The lowest BCUT2D eigenvalue weighted by atomic mass is 10.2. The Morgan fingerprint density at radius 2 is 2.20 bits per heavy atom. The van der Waals surface area contributed by atoms with Gasteiger partial charge in [0.2, 0.25) is 0 Å². The number of hydrogen-bond acceptors (Lipinski definition) is 3. The van der Waals surface area contributed by atoms with Crippen LogP contribution in [0.3, 0.4) is 0 Å². The Hall–Kier alpha value is -1.10. The highest BCUT2D eigenvalue weighted by atomic mass is 32.2. The topological polar surface area (TPSA) is 46.2 Å². The fraction of sp³-hybridized carbons (Fsp3) is 0.400. The smallest absolute Gasteiger partial charge is 0.180 e. The van der Waals surface area contributed by atoms with Crippen molar-refractivity contribution in [2.45, 2.75) is 11.8 Å². The van der Waals surface area contributed by atoms with Crippen molar-refractivity contribution in [3.8, 4) is 0 Å². The van der Waals surface area contributed by atoms with Gasteiger partial charge in [0.15, 0.2) is 9.84 Å². The van der Waals surface area contributed by atoms with Gasteiger partial charge in [-0.05, 0) is 24.1 Å². The molecule has 5 heteroatoms. The highest BCUT2D eigenvalue weighted by Crippen LogP contribution is 2.27. The molecule has 0 aliphatic carbocycles. The third-order valence-electron chi connectivity index (χ3n) is 2.42. The Labute approximate surface area is 88.2 Å². The molecule has 1 aliphatic rings. The third kappa shape index (κ3) is 1.97. The van der Waals surface area contributed by atoms with Crippen molar-refractivity contribution in [2.75, 3.05) is 17.6 Å². The summed E-state index contributed by atoms with van der Waals surface area (Å²) in [4.78, 5) is 0.0758. The van der Waals surface area contributed by atoms with E-state index in [4.69, 9.17) is 0 Å². The second kappa shape index (κ2) is 3.48. The lowest BCUT2D eigenvalue weighted by Gasteiger charge is -2.06. The first kappa shape index (κ1) is 10.4. The lowest BCUT2D eigenvalue weighted by molar-refractivity contribution is 0.579. The molecule has 1 aliphatic heterocycles.